The van der Waals surface area contributed by atoms with Crippen LogP contribution in [0.4, 0.5) is 5.95 Å². The lowest BCUT2D eigenvalue weighted by Gasteiger charge is -2.31. The number of nitrogens with two attached hydrogens (primary N) is 1. The van der Waals surface area contributed by atoms with Crippen molar-refractivity contribution < 1.29 is 4.79 Å². The van der Waals surface area contributed by atoms with E-state index in [2.05, 4.69) is 4.98 Å². The molecule has 0 unspecified atom stereocenters. The number of nitrogens with zero attached hydrogens (tertiary/aromatic N) is 2. The molecular formula is C18H18N4O2S. The molecule has 0 radical (unpaired) electrons. The highest BCUT2D eigenvalue weighted by atomic mass is 32.1. The summed E-state index contributed by atoms with van der Waals surface area (Å²) in [7, 11) is 0. The van der Waals surface area contributed by atoms with Gasteiger partial charge in [-0.15, -0.1) is 11.3 Å². The van der Waals surface area contributed by atoms with Gasteiger partial charge in [0.05, 0.1) is 11.4 Å². The van der Waals surface area contributed by atoms with Crippen molar-refractivity contribution in [2.24, 2.45) is 11.7 Å². The van der Waals surface area contributed by atoms with E-state index in [1.807, 2.05) is 40.6 Å². The van der Waals surface area contributed by atoms with E-state index in [4.69, 9.17) is 10.7 Å². The Labute approximate surface area is 148 Å². The predicted octanol–water partition coefficient (Wildman–Crippen LogP) is 2.35. The molecule has 1 amide bonds. The molecule has 3 aromatic rings. The molecule has 1 saturated heterocycles. The third-order valence-electron chi connectivity index (χ3n) is 4.62. The molecule has 4 rings (SSSR count). The Kier molecular flexibility index (Phi) is 4.01. The Balaban J connectivity index is 1.78. The number of nitrogens with one attached hydrogen (secondary N) is 1. The predicted molar refractivity (Wildman–Crippen MR) is 99.8 cm³/mol. The number of piperidine rings is 1. The van der Waals surface area contributed by atoms with Crippen LogP contribution in [0.3, 0.4) is 0 Å². The van der Waals surface area contributed by atoms with Crippen LogP contribution in [0.15, 0.2) is 40.5 Å². The highest BCUT2D eigenvalue weighted by molar-refractivity contribution is 7.17. The summed E-state index contributed by atoms with van der Waals surface area (Å²) < 4.78 is 0.617. The van der Waals surface area contributed by atoms with Crippen LogP contribution in [-0.2, 0) is 4.79 Å². The van der Waals surface area contributed by atoms with Gasteiger partial charge in [0.2, 0.25) is 11.9 Å². The first-order valence-corrected chi connectivity index (χ1v) is 9.12. The molecule has 1 aliphatic heterocycles. The third kappa shape index (κ3) is 2.91. The Hall–Kier alpha value is -2.67. The minimum Gasteiger partial charge on any atom is -0.369 e. The van der Waals surface area contributed by atoms with E-state index in [0.29, 0.717) is 22.7 Å². The SMILES string of the molecule is NC(=O)[C@@H]1CCCN(c2nc3c(-c4ccccc4)csc3c(=O)[nH]2)C1. The van der Waals surface area contributed by atoms with Crippen molar-refractivity contribution in [1.29, 1.82) is 0 Å². The highest BCUT2D eigenvalue weighted by Gasteiger charge is 2.26. The maximum Gasteiger partial charge on any atom is 0.270 e. The second kappa shape index (κ2) is 6.33. The Morgan fingerprint density at radius 3 is 2.88 bits per heavy atom. The van der Waals surface area contributed by atoms with Gasteiger partial charge in [-0.25, -0.2) is 4.98 Å². The van der Waals surface area contributed by atoms with Gasteiger partial charge in [0.1, 0.15) is 4.70 Å². The summed E-state index contributed by atoms with van der Waals surface area (Å²) in [5.41, 5.74) is 8.00. The first-order chi connectivity index (χ1) is 12.1. The van der Waals surface area contributed by atoms with Crippen molar-refractivity contribution in [2.45, 2.75) is 12.8 Å². The number of H-pyrrole nitrogens is 1. The number of primary amides is 1. The first kappa shape index (κ1) is 15.8. The lowest BCUT2D eigenvalue weighted by molar-refractivity contribution is -0.122. The van der Waals surface area contributed by atoms with Gasteiger partial charge < -0.3 is 10.6 Å². The summed E-state index contributed by atoms with van der Waals surface area (Å²) >= 11 is 1.40. The summed E-state index contributed by atoms with van der Waals surface area (Å²) in [6.45, 7) is 1.25. The summed E-state index contributed by atoms with van der Waals surface area (Å²) in [6, 6.07) is 9.91. The van der Waals surface area contributed by atoms with Crippen LogP contribution < -0.4 is 16.2 Å². The van der Waals surface area contributed by atoms with Crippen molar-refractivity contribution in [1.82, 2.24) is 9.97 Å². The fourth-order valence-corrected chi connectivity index (χ4v) is 4.20. The van der Waals surface area contributed by atoms with Crippen LogP contribution >= 0.6 is 11.3 Å². The van der Waals surface area contributed by atoms with Gasteiger partial charge in [0.25, 0.3) is 5.56 Å². The zero-order valence-corrected chi connectivity index (χ0v) is 14.4. The van der Waals surface area contributed by atoms with E-state index >= 15 is 0 Å². The minimum absolute atomic E-state index is 0.145. The summed E-state index contributed by atoms with van der Waals surface area (Å²) in [5, 5.41) is 1.97. The quantitative estimate of drug-likeness (QED) is 0.755. The Morgan fingerprint density at radius 2 is 2.12 bits per heavy atom. The first-order valence-electron chi connectivity index (χ1n) is 8.24. The number of anilines is 1. The van der Waals surface area contributed by atoms with Crippen molar-refractivity contribution in [3.8, 4) is 11.1 Å². The number of carbonyl (C=O) groups excluding carboxylic acids is 1. The van der Waals surface area contributed by atoms with Crippen LogP contribution in [0.5, 0.6) is 0 Å². The number of fused-ring (bicyclic) bond motifs is 1. The second-order valence-electron chi connectivity index (χ2n) is 6.27. The van der Waals surface area contributed by atoms with E-state index in [9.17, 15) is 9.59 Å². The molecule has 2 aromatic heterocycles. The van der Waals surface area contributed by atoms with Crippen LogP contribution in [0.2, 0.25) is 0 Å². The van der Waals surface area contributed by atoms with Gasteiger partial charge in [-0.1, -0.05) is 30.3 Å². The lowest BCUT2D eigenvalue weighted by atomic mass is 9.98. The van der Waals surface area contributed by atoms with E-state index in [0.717, 1.165) is 30.5 Å². The number of rotatable bonds is 3. The topological polar surface area (TPSA) is 92.1 Å². The van der Waals surface area contributed by atoms with Gasteiger partial charge in [-0.3, -0.25) is 14.6 Å². The maximum atomic E-state index is 12.5. The number of hydrogen-bond acceptors (Lipinski definition) is 5. The molecule has 0 saturated carbocycles. The average molecular weight is 354 g/mol. The summed E-state index contributed by atoms with van der Waals surface area (Å²) in [6.07, 6.45) is 1.64. The van der Waals surface area contributed by atoms with Gasteiger partial charge in [0.15, 0.2) is 0 Å². The number of amides is 1. The van der Waals surface area contributed by atoms with Crippen molar-refractivity contribution in [3.05, 3.63) is 46.1 Å². The molecule has 3 heterocycles. The number of benzene rings is 1. The molecule has 0 bridgehead atoms. The number of hydrogen-bond donors (Lipinski definition) is 2. The smallest absolute Gasteiger partial charge is 0.270 e. The van der Waals surface area contributed by atoms with Crippen molar-refractivity contribution >= 4 is 33.4 Å². The number of aromatic amines is 1. The molecule has 0 aliphatic carbocycles. The van der Waals surface area contributed by atoms with Crippen LogP contribution in [-0.4, -0.2) is 29.0 Å². The highest BCUT2D eigenvalue weighted by Crippen LogP contribution is 2.32. The van der Waals surface area contributed by atoms with Crippen LogP contribution in [0, 0.1) is 5.92 Å². The molecule has 3 N–H and O–H groups in total. The van der Waals surface area contributed by atoms with Gasteiger partial charge in [-0.05, 0) is 18.4 Å². The molecule has 1 atom stereocenters. The van der Waals surface area contributed by atoms with E-state index < -0.39 is 0 Å². The number of carbonyl (C=O) groups is 1. The molecule has 25 heavy (non-hydrogen) atoms. The molecule has 128 valence electrons. The zero-order chi connectivity index (χ0) is 17.4. The van der Waals surface area contributed by atoms with E-state index in [1.165, 1.54) is 11.3 Å². The Bertz CT molecular complexity index is 980. The Morgan fingerprint density at radius 1 is 1.32 bits per heavy atom. The average Bonchev–Trinajstić information content (AvgIpc) is 3.07. The van der Waals surface area contributed by atoms with Crippen molar-refractivity contribution in [3.63, 3.8) is 0 Å². The van der Waals surface area contributed by atoms with E-state index in [1.54, 1.807) is 0 Å². The number of thiophene rings is 1. The standard InChI is InChI=1S/C18H18N4O2S/c19-16(23)12-7-4-8-22(9-12)18-20-14-13(11-5-2-1-3-6-11)10-25-15(14)17(24)21-18/h1-3,5-6,10,12H,4,7-9H2,(H2,19,23)(H,20,21,24)/t12-/m1/s1. The summed E-state index contributed by atoms with van der Waals surface area (Å²) in [4.78, 5) is 33.5. The molecule has 7 heteroatoms. The van der Waals surface area contributed by atoms with Crippen LogP contribution in [0.25, 0.3) is 21.3 Å². The maximum absolute atomic E-state index is 12.5. The second-order valence-corrected chi connectivity index (χ2v) is 7.15. The lowest BCUT2D eigenvalue weighted by Crippen LogP contribution is -2.42. The molecule has 0 spiro atoms. The van der Waals surface area contributed by atoms with Gasteiger partial charge >= 0.3 is 0 Å². The zero-order valence-electron chi connectivity index (χ0n) is 13.6. The molecule has 1 fully saturated rings. The van der Waals surface area contributed by atoms with Gasteiger partial charge in [-0.2, -0.15) is 0 Å². The fraction of sp³-hybridized carbons (Fsp3) is 0.278. The number of aromatic nitrogens is 2. The largest absolute Gasteiger partial charge is 0.369 e. The summed E-state index contributed by atoms with van der Waals surface area (Å²) in [5.74, 6) is 0.0125. The van der Waals surface area contributed by atoms with E-state index in [-0.39, 0.29) is 17.4 Å². The molecule has 1 aliphatic rings. The van der Waals surface area contributed by atoms with Crippen LogP contribution in [0.1, 0.15) is 12.8 Å². The molecule has 6 nitrogen and oxygen atoms in total. The monoisotopic (exact) mass is 354 g/mol. The minimum atomic E-state index is -0.298. The fourth-order valence-electron chi connectivity index (χ4n) is 3.29. The van der Waals surface area contributed by atoms with Crippen molar-refractivity contribution in [2.75, 3.05) is 18.0 Å². The van der Waals surface area contributed by atoms with Gasteiger partial charge in [0, 0.05) is 24.0 Å². The molecular weight excluding hydrogens is 336 g/mol. The third-order valence-corrected chi connectivity index (χ3v) is 5.59. The molecule has 1 aromatic carbocycles. The normalized spacial score (nSPS) is 17.8.